The van der Waals surface area contributed by atoms with Gasteiger partial charge in [-0.05, 0) is 37.5 Å². The van der Waals surface area contributed by atoms with Crippen LogP contribution in [0.25, 0.3) is 0 Å². The van der Waals surface area contributed by atoms with Gasteiger partial charge in [0.2, 0.25) is 0 Å². The zero-order valence-corrected chi connectivity index (χ0v) is 16.2. The Balaban J connectivity index is 2.33. The van der Waals surface area contributed by atoms with Crippen LogP contribution in [0.15, 0.2) is 35.9 Å². The van der Waals surface area contributed by atoms with Crippen LogP contribution in [0.5, 0.6) is 11.5 Å². The maximum atomic E-state index is 13.0. The molecule has 0 spiro atoms. The molecule has 0 heterocycles. The van der Waals surface area contributed by atoms with E-state index in [1.807, 2.05) is 19.9 Å². The van der Waals surface area contributed by atoms with E-state index >= 15 is 0 Å². The molecule has 1 aromatic carbocycles. The summed E-state index contributed by atoms with van der Waals surface area (Å²) < 4.78 is 5.51. The molecule has 0 amide bonds. The summed E-state index contributed by atoms with van der Waals surface area (Å²) in [7, 11) is 0. The lowest BCUT2D eigenvalue weighted by Gasteiger charge is -2.24. The molecule has 0 aliphatic heterocycles. The van der Waals surface area contributed by atoms with Crippen molar-refractivity contribution in [1.82, 2.24) is 0 Å². The largest absolute Gasteiger partial charge is 0.507 e. The molecule has 0 fully saturated rings. The van der Waals surface area contributed by atoms with Crippen molar-refractivity contribution >= 4 is 17.5 Å². The highest BCUT2D eigenvalue weighted by molar-refractivity contribution is 6.27. The second-order valence-corrected chi connectivity index (χ2v) is 6.70. The van der Waals surface area contributed by atoms with E-state index < -0.39 is 23.6 Å². The fourth-order valence-electron chi connectivity index (χ4n) is 3.13. The molecule has 1 aliphatic rings. The normalized spacial score (nSPS) is 14.7. The lowest BCUT2D eigenvalue weighted by atomic mass is 9.84. The molecule has 0 saturated heterocycles. The summed E-state index contributed by atoms with van der Waals surface area (Å²) in [6.07, 6.45) is 7.61. The Morgan fingerprint density at radius 1 is 1.07 bits per heavy atom. The van der Waals surface area contributed by atoms with E-state index in [1.54, 1.807) is 6.08 Å². The third kappa shape index (κ3) is 4.88. The number of benzene rings is 1. The summed E-state index contributed by atoms with van der Waals surface area (Å²) in [5, 5.41) is 20.0. The number of ether oxygens (including phenoxy) is 1. The van der Waals surface area contributed by atoms with E-state index in [0.717, 1.165) is 43.9 Å². The van der Waals surface area contributed by atoms with Gasteiger partial charge in [0.25, 0.3) is 0 Å². The minimum absolute atomic E-state index is 0.0299. The Hall–Kier alpha value is -2.89. The van der Waals surface area contributed by atoms with Crippen molar-refractivity contribution in [2.45, 2.75) is 58.5 Å². The second kappa shape index (κ2) is 9.88. The number of hydrogen-bond acceptors (Lipinski definition) is 6. The first-order valence-electron chi connectivity index (χ1n) is 9.60. The number of Topliss-reactive ketones (excluding diaryl/α,β-unsaturated/α-hetero) is 1. The van der Waals surface area contributed by atoms with Gasteiger partial charge < -0.3 is 14.9 Å². The van der Waals surface area contributed by atoms with E-state index in [-0.39, 0.29) is 34.6 Å². The van der Waals surface area contributed by atoms with E-state index in [4.69, 9.17) is 4.74 Å². The number of phenolic OH excluding ortho intramolecular Hbond substituents is 2. The fraction of sp³-hybridized carbons (Fsp3) is 0.409. The molecular formula is C22H26O6. The number of rotatable bonds is 9. The summed E-state index contributed by atoms with van der Waals surface area (Å²) in [6, 6.07) is 2.33. The summed E-state index contributed by atoms with van der Waals surface area (Å²) in [5.74, 6) is -2.45. The predicted molar refractivity (Wildman–Crippen MR) is 105 cm³/mol. The van der Waals surface area contributed by atoms with Crippen LogP contribution >= 0.6 is 0 Å². The Kier molecular flexibility index (Phi) is 7.55. The van der Waals surface area contributed by atoms with Gasteiger partial charge in [-0.15, -0.1) is 0 Å². The van der Waals surface area contributed by atoms with Crippen LogP contribution in [0, 0.1) is 0 Å². The summed E-state index contributed by atoms with van der Waals surface area (Å²) in [4.78, 5) is 37.6. The Labute approximate surface area is 164 Å². The molecule has 0 radical (unpaired) electrons. The number of carbonyl (C=O) groups is 3. The van der Waals surface area contributed by atoms with Crippen LogP contribution in [0.4, 0.5) is 0 Å². The van der Waals surface area contributed by atoms with E-state index in [0.29, 0.717) is 6.42 Å². The molecule has 1 atom stereocenters. The highest BCUT2D eigenvalue weighted by Gasteiger charge is 2.35. The Morgan fingerprint density at radius 2 is 1.75 bits per heavy atom. The standard InChI is InChI=1S/C22H26O6/c1-3-5-7-9-18(28-19(26)10-8-6-4-2)14-13-17(25)20-15(23)11-12-16(24)21(20)22(14)27/h6,8,11-13,18,23-24H,3-5,7,9-10H2,1-2H3/b8-6+. The van der Waals surface area contributed by atoms with Crippen molar-refractivity contribution in [3.8, 4) is 11.5 Å². The minimum atomic E-state index is -0.875. The highest BCUT2D eigenvalue weighted by atomic mass is 16.5. The third-order valence-electron chi connectivity index (χ3n) is 4.56. The van der Waals surface area contributed by atoms with Crippen LogP contribution < -0.4 is 0 Å². The molecule has 28 heavy (non-hydrogen) atoms. The molecule has 0 aromatic heterocycles. The van der Waals surface area contributed by atoms with Gasteiger partial charge in [-0.2, -0.15) is 0 Å². The van der Waals surface area contributed by atoms with Crippen molar-refractivity contribution in [3.05, 3.63) is 47.1 Å². The van der Waals surface area contributed by atoms with Crippen LogP contribution in [-0.4, -0.2) is 33.9 Å². The van der Waals surface area contributed by atoms with Crippen molar-refractivity contribution in [1.29, 1.82) is 0 Å². The smallest absolute Gasteiger partial charge is 0.310 e. The third-order valence-corrected chi connectivity index (χ3v) is 4.56. The fourth-order valence-corrected chi connectivity index (χ4v) is 3.13. The molecule has 150 valence electrons. The van der Waals surface area contributed by atoms with Crippen molar-refractivity contribution in [2.24, 2.45) is 0 Å². The van der Waals surface area contributed by atoms with Gasteiger partial charge >= 0.3 is 5.97 Å². The molecule has 2 rings (SSSR count). The van der Waals surface area contributed by atoms with Gasteiger partial charge in [0.1, 0.15) is 17.6 Å². The molecule has 1 aliphatic carbocycles. The zero-order chi connectivity index (χ0) is 20.7. The topological polar surface area (TPSA) is 101 Å². The molecule has 0 bridgehead atoms. The summed E-state index contributed by atoms with van der Waals surface area (Å²) in [5.41, 5.74) is -0.439. The minimum Gasteiger partial charge on any atom is -0.507 e. The second-order valence-electron chi connectivity index (χ2n) is 6.70. The van der Waals surface area contributed by atoms with Crippen LogP contribution in [-0.2, 0) is 9.53 Å². The van der Waals surface area contributed by atoms with Crippen LogP contribution in [0.2, 0.25) is 0 Å². The number of allylic oxidation sites excluding steroid dienone is 2. The molecule has 6 heteroatoms. The lowest BCUT2D eigenvalue weighted by Crippen LogP contribution is -2.29. The molecule has 2 N–H and O–H groups in total. The number of ketones is 2. The SMILES string of the molecule is CC/C=C/CC(=O)OC(CCCCC)C1=CC(=O)c2c(O)ccc(O)c2C1=O. The van der Waals surface area contributed by atoms with E-state index in [9.17, 15) is 24.6 Å². The van der Waals surface area contributed by atoms with Crippen molar-refractivity contribution < 1.29 is 29.3 Å². The average Bonchev–Trinajstić information content (AvgIpc) is 2.66. The molecule has 1 unspecified atom stereocenters. The molecule has 1 aromatic rings. The van der Waals surface area contributed by atoms with Crippen molar-refractivity contribution in [2.75, 3.05) is 0 Å². The first-order valence-corrected chi connectivity index (χ1v) is 9.60. The van der Waals surface area contributed by atoms with Gasteiger partial charge in [0, 0.05) is 5.57 Å². The molecule has 6 nitrogen and oxygen atoms in total. The van der Waals surface area contributed by atoms with Gasteiger partial charge in [-0.1, -0.05) is 38.8 Å². The zero-order valence-electron chi connectivity index (χ0n) is 16.2. The number of unbranched alkanes of at least 4 members (excludes halogenated alkanes) is 2. The number of esters is 1. The molecular weight excluding hydrogens is 360 g/mol. The summed E-state index contributed by atoms with van der Waals surface area (Å²) >= 11 is 0. The van der Waals surface area contributed by atoms with Crippen LogP contribution in [0.3, 0.4) is 0 Å². The van der Waals surface area contributed by atoms with Crippen LogP contribution in [0.1, 0.15) is 73.1 Å². The highest BCUT2D eigenvalue weighted by Crippen LogP contribution is 2.36. The number of carbonyl (C=O) groups excluding carboxylic acids is 3. The Morgan fingerprint density at radius 3 is 2.39 bits per heavy atom. The maximum absolute atomic E-state index is 13.0. The van der Waals surface area contributed by atoms with Gasteiger partial charge in [-0.25, -0.2) is 0 Å². The lowest BCUT2D eigenvalue weighted by molar-refractivity contribution is -0.146. The number of hydrogen-bond donors (Lipinski definition) is 2. The van der Waals surface area contributed by atoms with E-state index in [1.165, 1.54) is 0 Å². The first-order chi connectivity index (χ1) is 13.4. The van der Waals surface area contributed by atoms with Gasteiger partial charge in [0.15, 0.2) is 11.6 Å². The first kappa shape index (κ1) is 21.4. The number of phenols is 2. The average molecular weight is 386 g/mol. The monoisotopic (exact) mass is 386 g/mol. The molecule has 0 saturated carbocycles. The summed E-state index contributed by atoms with van der Waals surface area (Å²) in [6.45, 7) is 3.98. The van der Waals surface area contributed by atoms with Crippen molar-refractivity contribution in [3.63, 3.8) is 0 Å². The Bertz CT molecular complexity index is 819. The number of aromatic hydroxyl groups is 2. The van der Waals surface area contributed by atoms with E-state index in [2.05, 4.69) is 0 Å². The number of fused-ring (bicyclic) bond motifs is 1. The van der Waals surface area contributed by atoms with Gasteiger partial charge in [0.05, 0.1) is 17.5 Å². The predicted octanol–water partition coefficient (Wildman–Crippen LogP) is 4.25. The maximum Gasteiger partial charge on any atom is 0.310 e. The quantitative estimate of drug-likeness (QED) is 0.285. The van der Waals surface area contributed by atoms with Gasteiger partial charge in [-0.3, -0.25) is 14.4 Å².